The second-order valence-electron chi connectivity index (χ2n) is 3.50. The van der Waals surface area contributed by atoms with Crippen LogP contribution < -0.4 is 5.32 Å². The Hall–Kier alpha value is -1.59. The van der Waals surface area contributed by atoms with E-state index in [0.29, 0.717) is 0 Å². The Kier molecular flexibility index (Phi) is 4.59. The third kappa shape index (κ3) is 3.57. The number of benzene rings is 1. The second kappa shape index (κ2) is 6.00. The van der Waals surface area contributed by atoms with E-state index in [-0.39, 0.29) is 0 Å². The first-order valence-electron chi connectivity index (χ1n) is 5.10. The molecule has 0 bridgehead atoms. The summed E-state index contributed by atoms with van der Waals surface area (Å²) in [5.74, 6) is 0. The summed E-state index contributed by atoms with van der Waals surface area (Å²) in [7, 11) is 1.93. The maximum atomic E-state index is 8.95. The average molecular weight is 200 g/mol. The van der Waals surface area contributed by atoms with E-state index in [1.807, 2.05) is 38.2 Å². The number of nitriles is 1. The fourth-order valence-corrected chi connectivity index (χ4v) is 1.35. The van der Waals surface area contributed by atoms with Crippen molar-refractivity contribution in [2.24, 2.45) is 0 Å². The third-order valence-corrected chi connectivity index (χ3v) is 2.19. The van der Waals surface area contributed by atoms with Crippen LogP contribution in [0.25, 0.3) is 6.08 Å². The number of hydrogen-bond acceptors (Lipinski definition) is 2. The van der Waals surface area contributed by atoms with Gasteiger partial charge in [0.1, 0.15) is 0 Å². The highest BCUT2D eigenvalue weighted by Gasteiger charge is 1.97. The summed E-state index contributed by atoms with van der Waals surface area (Å²) in [6, 6.07) is 8.14. The first-order valence-corrected chi connectivity index (χ1v) is 5.10. The molecule has 0 amide bonds. The van der Waals surface area contributed by atoms with E-state index in [9.17, 15) is 0 Å². The molecule has 1 rings (SSSR count). The van der Waals surface area contributed by atoms with E-state index < -0.39 is 0 Å². The lowest BCUT2D eigenvalue weighted by Gasteiger charge is -1.99. The number of rotatable bonds is 4. The lowest BCUT2D eigenvalue weighted by molar-refractivity contribution is 0.809. The van der Waals surface area contributed by atoms with Crippen LogP contribution in [0.15, 0.2) is 24.3 Å². The van der Waals surface area contributed by atoms with Crippen molar-refractivity contribution in [1.29, 1.82) is 5.26 Å². The van der Waals surface area contributed by atoms with Crippen LogP contribution in [0, 0.1) is 18.3 Å². The first kappa shape index (κ1) is 11.5. The van der Waals surface area contributed by atoms with E-state index >= 15 is 0 Å². The molecule has 1 aromatic rings. The molecule has 0 radical (unpaired) electrons. The van der Waals surface area contributed by atoms with Gasteiger partial charge in [-0.1, -0.05) is 24.3 Å². The van der Waals surface area contributed by atoms with Crippen LogP contribution in [0.4, 0.5) is 0 Å². The zero-order valence-corrected chi connectivity index (χ0v) is 9.25. The lowest BCUT2D eigenvalue weighted by Crippen LogP contribution is -2.05. The van der Waals surface area contributed by atoms with Gasteiger partial charge in [-0.15, -0.1) is 0 Å². The molecular formula is C13H16N2. The van der Waals surface area contributed by atoms with Gasteiger partial charge in [-0.05, 0) is 44.1 Å². The Morgan fingerprint density at radius 2 is 2.27 bits per heavy atom. The quantitative estimate of drug-likeness (QED) is 0.758. The van der Waals surface area contributed by atoms with Crippen LogP contribution in [0.3, 0.4) is 0 Å². The lowest BCUT2D eigenvalue weighted by atomic mass is 10.0. The Balaban J connectivity index is 2.77. The number of aryl methyl sites for hydroxylation is 1. The van der Waals surface area contributed by atoms with Gasteiger partial charge in [0.05, 0.1) is 11.6 Å². The van der Waals surface area contributed by atoms with E-state index in [1.165, 1.54) is 0 Å². The molecular weight excluding hydrogens is 184 g/mol. The molecule has 1 aromatic carbocycles. The number of nitrogens with one attached hydrogen (secondary N) is 1. The molecule has 15 heavy (non-hydrogen) atoms. The van der Waals surface area contributed by atoms with Gasteiger partial charge in [0.2, 0.25) is 0 Å². The highest BCUT2D eigenvalue weighted by Crippen LogP contribution is 2.12. The van der Waals surface area contributed by atoms with Crippen LogP contribution in [0.2, 0.25) is 0 Å². The molecule has 2 heteroatoms. The first-order chi connectivity index (χ1) is 7.27. The minimum Gasteiger partial charge on any atom is -0.319 e. The van der Waals surface area contributed by atoms with Crippen LogP contribution in [0.5, 0.6) is 0 Å². The van der Waals surface area contributed by atoms with E-state index in [2.05, 4.69) is 17.5 Å². The molecule has 0 spiro atoms. The molecule has 0 heterocycles. The average Bonchev–Trinajstić information content (AvgIpc) is 2.26. The van der Waals surface area contributed by atoms with Crippen molar-refractivity contribution < 1.29 is 0 Å². The monoisotopic (exact) mass is 200 g/mol. The topological polar surface area (TPSA) is 35.8 Å². The van der Waals surface area contributed by atoms with Gasteiger partial charge in [0.15, 0.2) is 0 Å². The fourth-order valence-electron chi connectivity index (χ4n) is 1.35. The molecule has 0 fully saturated rings. The van der Waals surface area contributed by atoms with Crippen LogP contribution in [-0.4, -0.2) is 13.6 Å². The Bertz CT molecular complexity index is 386. The smallest absolute Gasteiger partial charge is 0.0998 e. The SMILES string of the molecule is CNCCC=Cc1ccc(C)cc1C#N. The van der Waals surface area contributed by atoms with E-state index in [0.717, 1.165) is 29.7 Å². The van der Waals surface area contributed by atoms with Crippen molar-refractivity contribution in [3.05, 3.63) is 41.0 Å². The van der Waals surface area contributed by atoms with Gasteiger partial charge in [-0.2, -0.15) is 5.26 Å². The molecule has 0 aromatic heterocycles. The fraction of sp³-hybridized carbons (Fsp3) is 0.308. The molecule has 0 aliphatic rings. The van der Waals surface area contributed by atoms with E-state index in [4.69, 9.17) is 5.26 Å². The van der Waals surface area contributed by atoms with Crippen LogP contribution in [0.1, 0.15) is 23.1 Å². The number of nitrogens with zero attached hydrogens (tertiary/aromatic N) is 1. The summed E-state index contributed by atoms with van der Waals surface area (Å²) in [6.45, 7) is 2.96. The summed E-state index contributed by atoms with van der Waals surface area (Å²) < 4.78 is 0. The van der Waals surface area contributed by atoms with Gasteiger partial charge in [-0.3, -0.25) is 0 Å². The molecule has 0 aliphatic carbocycles. The van der Waals surface area contributed by atoms with Gasteiger partial charge >= 0.3 is 0 Å². The largest absolute Gasteiger partial charge is 0.319 e. The van der Waals surface area contributed by atoms with Gasteiger partial charge < -0.3 is 5.32 Å². The van der Waals surface area contributed by atoms with Gasteiger partial charge in [0.25, 0.3) is 0 Å². The van der Waals surface area contributed by atoms with Gasteiger partial charge in [0, 0.05) is 0 Å². The van der Waals surface area contributed by atoms with Gasteiger partial charge in [-0.25, -0.2) is 0 Å². The standard InChI is InChI=1S/C13H16N2/c1-11-6-7-12(13(9-11)10-14)5-3-4-8-15-2/h3,5-7,9,15H,4,8H2,1-2H3. The molecule has 2 nitrogen and oxygen atoms in total. The molecule has 0 saturated carbocycles. The maximum absolute atomic E-state index is 8.95. The minimum atomic E-state index is 0.746. The highest BCUT2D eigenvalue weighted by molar-refractivity contribution is 5.58. The van der Waals surface area contributed by atoms with Crippen LogP contribution >= 0.6 is 0 Å². The molecule has 0 atom stereocenters. The summed E-state index contributed by atoms with van der Waals surface area (Å²) in [5.41, 5.74) is 2.87. The van der Waals surface area contributed by atoms with Crippen molar-refractivity contribution in [2.45, 2.75) is 13.3 Å². The molecule has 0 saturated heterocycles. The predicted octanol–water partition coefficient (Wildman–Crippen LogP) is 2.49. The predicted molar refractivity (Wildman–Crippen MR) is 63.5 cm³/mol. The molecule has 1 N–H and O–H groups in total. The summed E-state index contributed by atoms with van der Waals surface area (Å²) in [6.07, 6.45) is 5.08. The third-order valence-electron chi connectivity index (χ3n) is 2.19. The Morgan fingerprint density at radius 1 is 1.47 bits per heavy atom. The molecule has 78 valence electrons. The van der Waals surface area contributed by atoms with Crippen molar-refractivity contribution in [2.75, 3.05) is 13.6 Å². The highest BCUT2D eigenvalue weighted by atomic mass is 14.8. The van der Waals surface area contributed by atoms with Crippen molar-refractivity contribution in [1.82, 2.24) is 5.32 Å². The Morgan fingerprint density at radius 3 is 2.93 bits per heavy atom. The summed E-state index contributed by atoms with van der Waals surface area (Å²) in [5, 5.41) is 12.0. The maximum Gasteiger partial charge on any atom is 0.0998 e. The van der Waals surface area contributed by atoms with Crippen molar-refractivity contribution in [3.8, 4) is 6.07 Å². The van der Waals surface area contributed by atoms with Crippen molar-refractivity contribution in [3.63, 3.8) is 0 Å². The van der Waals surface area contributed by atoms with Crippen molar-refractivity contribution >= 4 is 6.08 Å². The summed E-state index contributed by atoms with van der Waals surface area (Å²) in [4.78, 5) is 0. The number of hydrogen-bond donors (Lipinski definition) is 1. The molecule has 0 unspecified atom stereocenters. The zero-order valence-electron chi connectivity index (χ0n) is 9.25. The summed E-state index contributed by atoms with van der Waals surface area (Å²) >= 11 is 0. The molecule has 0 aliphatic heterocycles. The normalized spacial score (nSPS) is 10.5. The van der Waals surface area contributed by atoms with Crippen LogP contribution in [-0.2, 0) is 0 Å². The Labute approximate surface area is 91.2 Å². The second-order valence-corrected chi connectivity index (χ2v) is 3.50. The van der Waals surface area contributed by atoms with E-state index in [1.54, 1.807) is 0 Å². The minimum absolute atomic E-state index is 0.746. The zero-order chi connectivity index (χ0) is 11.1.